The molecule has 1 aromatic heterocycles. The average molecular weight is 331 g/mol. The molecule has 0 saturated carbocycles. The van der Waals surface area contributed by atoms with Crippen LogP contribution in [0.15, 0.2) is 41.2 Å². The zero-order chi connectivity index (χ0) is 17.3. The number of hydrogen-bond donors (Lipinski definition) is 2. The summed E-state index contributed by atoms with van der Waals surface area (Å²) in [6.45, 7) is 3.79. The van der Waals surface area contributed by atoms with Crippen LogP contribution in [0, 0.1) is 0 Å². The third kappa shape index (κ3) is 3.48. The third-order valence-electron chi connectivity index (χ3n) is 3.89. The van der Waals surface area contributed by atoms with Crippen LogP contribution in [0.2, 0.25) is 0 Å². The molecule has 2 heterocycles. The summed E-state index contributed by atoms with van der Waals surface area (Å²) in [6.07, 6.45) is -1.45. The Balaban J connectivity index is 1.85. The summed E-state index contributed by atoms with van der Waals surface area (Å²) in [5, 5.41) is 14.7. The lowest BCUT2D eigenvalue weighted by molar-refractivity contribution is -0.152. The first kappa shape index (κ1) is 16.6. The van der Waals surface area contributed by atoms with Crippen molar-refractivity contribution in [1.82, 2.24) is 9.78 Å². The van der Waals surface area contributed by atoms with E-state index in [0.717, 1.165) is 5.56 Å². The number of anilines is 1. The zero-order valence-corrected chi connectivity index (χ0v) is 13.7. The number of nitrogen functional groups attached to an aromatic ring is 1. The first-order valence-electron chi connectivity index (χ1n) is 7.78. The van der Waals surface area contributed by atoms with Gasteiger partial charge in [0.05, 0.1) is 18.8 Å². The molecule has 1 aliphatic rings. The zero-order valence-electron chi connectivity index (χ0n) is 13.7. The summed E-state index contributed by atoms with van der Waals surface area (Å²) in [5.74, 6) is -0.741. The van der Waals surface area contributed by atoms with Crippen LogP contribution in [0.3, 0.4) is 0 Å². The number of ether oxygens (including phenoxy) is 2. The number of benzene rings is 1. The Bertz CT molecular complexity index is 773. The molecule has 0 unspecified atom stereocenters. The second-order valence-electron chi connectivity index (χ2n) is 6.27. The van der Waals surface area contributed by atoms with Crippen molar-refractivity contribution in [3.8, 4) is 11.3 Å². The van der Waals surface area contributed by atoms with Gasteiger partial charge in [-0.3, -0.25) is 4.79 Å². The molecule has 0 aliphatic carbocycles. The van der Waals surface area contributed by atoms with Crippen LogP contribution < -0.4 is 11.3 Å². The molecule has 0 spiro atoms. The van der Waals surface area contributed by atoms with E-state index in [4.69, 9.17) is 15.2 Å². The number of aliphatic hydroxyl groups excluding tert-OH is 1. The monoisotopic (exact) mass is 331 g/mol. The molecular weight excluding hydrogens is 310 g/mol. The Kier molecular flexibility index (Phi) is 4.40. The fourth-order valence-electron chi connectivity index (χ4n) is 2.64. The van der Waals surface area contributed by atoms with Crippen LogP contribution >= 0.6 is 0 Å². The van der Waals surface area contributed by atoms with Gasteiger partial charge in [0.25, 0.3) is 5.56 Å². The normalized spacial score (nSPS) is 20.9. The minimum Gasteiger partial charge on any atom is -0.394 e. The summed E-state index contributed by atoms with van der Waals surface area (Å²) in [7, 11) is 0. The minimum absolute atomic E-state index is 0.0200. The summed E-state index contributed by atoms with van der Waals surface area (Å²) in [5.41, 5.74) is 6.88. The van der Waals surface area contributed by atoms with Gasteiger partial charge in [0, 0.05) is 5.56 Å². The van der Waals surface area contributed by atoms with E-state index in [9.17, 15) is 9.90 Å². The van der Waals surface area contributed by atoms with E-state index in [-0.39, 0.29) is 18.8 Å². The van der Waals surface area contributed by atoms with Crippen molar-refractivity contribution in [1.29, 1.82) is 0 Å². The standard InChI is InChI=1S/C17H21N3O4/c1-17(2)23-10-15(24-17)14(21)9-20-16(22)12(18)8-13(19-20)11-6-4-3-5-7-11/h3-8,14-15,21H,9-10,18H2,1-2H3/t14-,15-/m1/s1. The van der Waals surface area contributed by atoms with Crippen LogP contribution in [0.4, 0.5) is 5.69 Å². The molecule has 3 rings (SSSR count). The van der Waals surface area contributed by atoms with Crippen molar-refractivity contribution < 1.29 is 14.6 Å². The molecule has 1 aliphatic heterocycles. The predicted molar refractivity (Wildman–Crippen MR) is 89.3 cm³/mol. The quantitative estimate of drug-likeness (QED) is 0.867. The number of nitrogens with two attached hydrogens (primary N) is 1. The first-order valence-corrected chi connectivity index (χ1v) is 7.78. The van der Waals surface area contributed by atoms with Crippen molar-refractivity contribution >= 4 is 5.69 Å². The molecule has 7 heteroatoms. The fourth-order valence-corrected chi connectivity index (χ4v) is 2.64. The average Bonchev–Trinajstić information content (AvgIpc) is 2.92. The highest BCUT2D eigenvalue weighted by Crippen LogP contribution is 2.24. The van der Waals surface area contributed by atoms with E-state index in [1.54, 1.807) is 19.9 Å². The van der Waals surface area contributed by atoms with Crippen molar-refractivity contribution in [2.75, 3.05) is 12.3 Å². The highest BCUT2D eigenvalue weighted by Gasteiger charge is 2.37. The van der Waals surface area contributed by atoms with E-state index in [0.29, 0.717) is 5.69 Å². The first-order chi connectivity index (χ1) is 11.4. The van der Waals surface area contributed by atoms with E-state index in [2.05, 4.69) is 5.10 Å². The van der Waals surface area contributed by atoms with Crippen molar-refractivity contribution in [2.24, 2.45) is 0 Å². The maximum Gasteiger partial charge on any atom is 0.289 e. The maximum absolute atomic E-state index is 12.2. The number of aromatic nitrogens is 2. The lowest BCUT2D eigenvalue weighted by atomic mass is 10.1. The van der Waals surface area contributed by atoms with Crippen LogP contribution in [0.1, 0.15) is 13.8 Å². The third-order valence-corrected chi connectivity index (χ3v) is 3.89. The molecule has 0 bridgehead atoms. The number of rotatable bonds is 4. The second-order valence-corrected chi connectivity index (χ2v) is 6.27. The van der Waals surface area contributed by atoms with Crippen LogP contribution in [-0.2, 0) is 16.0 Å². The van der Waals surface area contributed by atoms with Gasteiger partial charge < -0.3 is 20.3 Å². The summed E-state index contributed by atoms with van der Waals surface area (Å²) in [4.78, 5) is 12.2. The van der Waals surface area contributed by atoms with Gasteiger partial charge in [-0.05, 0) is 19.9 Å². The van der Waals surface area contributed by atoms with Crippen LogP contribution in [-0.4, -0.2) is 39.5 Å². The van der Waals surface area contributed by atoms with Gasteiger partial charge in [0.15, 0.2) is 5.79 Å². The van der Waals surface area contributed by atoms with E-state index in [1.807, 2.05) is 30.3 Å². The Labute approximate surface area is 139 Å². The molecule has 1 fully saturated rings. The minimum atomic E-state index is -0.928. The molecule has 128 valence electrons. The van der Waals surface area contributed by atoms with E-state index >= 15 is 0 Å². The molecule has 7 nitrogen and oxygen atoms in total. The Morgan fingerprint density at radius 1 is 1.42 bits per heavy atom. The maximum atomic E-state index is 12.2. The van der Waals surface area contributed by atoms with Gasteiger partial charge in [-0.25, -0.2) is 4.68 Å². The van der Waals surface area contributed by atoms with Crippen molar-refractivity contribution in [3.05, 3.63) is 46.8 Å². The molecule has 3 N–H and O–H groups in total. The molecule has 1 saturated heterocycles. The van der Waals surface area contributed by atoms with E-state index in [1.165, 1.54) is 4.68 Å². The highest BCUT2D eigenvalue weighted by atomic mass is 16.7. The van der Waals surface area contributed by atoms with Gasteiger partial charge in [0.1, 0.15) is 17.9 Å². The smallest absolute Gasteiger partial charge is 0.289 e. The van der Waals surface area contributed by atoms with Crippen molar-refractivity contribution in [3.63, 3.8) is 0 Å². The molecule has 2 atom stereocenters. The lowest BCUT2D eigenvalue weighted by Crippen LogP contribution is -2.38. The second kappa shape index (κ2) is 6.35. The van der Waals surface area contributed by atoms with Gasteiger partial charge >= 0.3 is 0 Å². The highest BCUT2D eigenvalue weighted by molar-refractivity contribution is 5.61. The molecule has 24 heavy (non-hydrogen) atoms. The predicted octanol–water partition coefficient (Wildman–Crippen LogP) is 1.00. The largest absolute Gasteiger partial charge is 0.394 e. The van der Waals surface area contributed by atoms with Crippen LogP contribution in [0.25, 0.3) is 11.3 Å². The topological polar surface area (TPSA) is 99.6 Å². The van der Waals surface area contributed by atoms with Gasteiger partial charge in [-0.2, -0.15) is 5.10 Å². The molecule has 0 amide bonds. The van der Waals surface area contributed by atoms with Crippen LogP contribution in [0.5, 0.6) is 0 Å². The number of hydrogen-bond acceptors (Lipinski definition) is 6. The SMILES string of the molecule is CC1(C)OC[C@H]([C@H](O)Cn2nc(-c3ccccc3)cc(N)c2=O)O1. The summed E-state index contributed by atoms with van der Waals surface area (Å²) < 4.78 is 12.2. The molecule has 0 radical (unpaired) electrons. The Morgan fingerprint density at radius 2 is 2.12 bits per heavy atom. The fraction of sp³-hybridized carbons (Fsp3) is 0.412. The molecule has 2 aromatic rings. The van der Waals surface area contributed by atoms with E-state index < -0.39 is 23.6 Å². The number of nitrogens with zero attached hydrogens (tertiary/aromatic N) is 2. The molecule has 1 aromatic carbocycles. The summed E-state index contributed by atoms with van der Waals surface area (Å²) >= 11 is 0. The Morgan fingerprint density at radius 3 is 2.75 bits per heavy atom. The van der Waals surface area contributed by atoms with Gasteiger partial charge in [-0.15, -0.1) is 0 Å². The van der Waals surface area contributed by atoms with Gasteiger partial charge in [0.2, 0.25) is 0 Å². The molecular formula is C17H21N3O4. The Hall–Kier alpha value is -2.22. The summed E-state index contributed by atoms with van der Waals surface area (Å²) in [6, 6.07) is 10.9. The van der Waals surface area contributed by atoms with Gasteiger partial charge in [-0.1, -0.05) is 30.3 Å². The number of aliphatic hydroxyl groups is 1. The lowest BCUT2D eigenvalue weighted by Gasteiger charge is -2.21. The van der Waals surface area contributed by atoms with Crippen molar-refractivity contribution in [2.45, 2.75) is 38.4 Å².